The van der Waals surface area contributed by atoms with Gasteiger partial charge in [0.1, 0.15) is 0 Å². The van der Waals surface area contributed by atoms with Gasteiger partial charge in [-0.3, -0.25) is 0 Å². The number of hydrogen-bond donors (Lipinski definition) is 6. The molecule has 26 heavy (non-hydrogen) atoms. The lowest BCUT2D eigenvalue weighted by atomic mass is 10.4. The van der Waals surface area contributed by atoms with Crippen LogP contribution in [0.15, 0.2) is 0 Å². The van der Waals surface area contributed by atoms with Gasteiger partial charge in [-0.15, -0.1) is 0 Å². The molecule has 0 saturated carbocycles. The van der Waals surface area contributed by atoms with Gasteiger partial charge in [-0.25, -0.2) is 0 Å². The minimum absolute atomic E-state index is 0.00667. The van der Waals surface area contributed by atoms with E-state index in [-0.39, 0.29) is 39.1 Å². The highest BCUT2D eigenvalue weighted by molar-refractivity contribution is 4.47. The van der Waals surface area contributed by atoms with E-state index in [0.717, 1.165) is 0 Å². The lowest BCUT2D eigenvalue weighted by molar-refractivity contribution is -0.0177. The van der Waals surface area contributed by atoms with E-state index in [2.05, 4.69) is 4.74 Å². The Balaban J connectivity index is -0.000000310. The Labute approximate surface area is 155 Å². The van der Waals surface area contributed by atoms with Crippen molar-refractivity contribution in [2.75, 3.05) is 79.3 Å². The number of rotatable bonds is 15. The van der Waals surface area contributed by atoms with E-state index < -0.39 is 6.10 Å². The van der Waals surface area contributed by atoms with E-state index in [1.165, 1.54) is 0 Å². The Morgan fingerprint density at radius 1 is 0.615 bits per heavy atom. The summed E-state index contributed by atoms with van der Waals surface area (Å²) in [4.78, 5) is 0. The second-order valence-corrected chi connectivity index (χ2v) is 4.91. The summed E-state index contributed by atoms with van der Waals surface area (Å²) in [6, 6.07) is 0. The van der Waals surface area contributed by atoms with E-state index >= 15 is 0 Å². The molecular formula is C16H38O10. The van der Waals surface area contributed by atoms with Crippen LogP contribution < -0.4 is 0 Å². The molecule has 0 radical (unpaired) electrons. The molecule has 0 aliphatic heterocycles. The number of ether oxygens (including phenoxy) is 4. The highest BCUT2D eigenvalue weighted by Gasteiger charge is 2.00. The summed E-state index contributed by atoms with van der Waals surface area (Å²) >= 11 is 0. The van der Waals surface area contributed by atoms with Crippen molar-refractivity contribution in [1.29, 1.82) is 0 Å². The van der Waals surface area contributed by atoms with E-state index in [1.807, 2.05) is 0 Å². The molecule has 10 nitrogen and oxygen atoms in total. The van der Waals surface area contributed by atoms with Gasteiger partial charge in [0.05, 0.1) is 91.5 Å². The Bertz CT molecular complexity index is 207. The van der Waals surface area contributed by atoms with Crippen LogP contribution >= 0.6 is 0 Å². The maximum absolute atomic E-state index is 8.69. The van der Waals surface area contributed by atoms with Gasteiger partial charge >= 0.3 is 0 Å². The van der Waals surface area contributed by atoms with Gasteiger partial charge in [0.15, 0.2) is 0 Å². The fraction of sp³-hybridized carbons (Fsp3) is 1.00. The summed E-state index contributed by atoms with van der Waals surface area (Å²) in [5.74, 6) is 0. The highest BCUT2D eigenvalue weighted by atomic mass is 16.5. The van der Waals surface area contributed by atoms with Crippen molar-refractivity contribution in [3.05, 3.63) is 0 Å². The predicted molar refractivity (Wildman–Crippen MR) is 95.0 cm³/mol. The quantitative estimate of drug-likeness (QED) is 0.169. The maximum atomic E-state index is 8.69. The Kier molecular flexibility index (Phi) is 34.3. The summed E-state index contributed by atoms with van der Waals surface area (Å²) in [5.41, 5.74) is 0. The van der Waals surface area contributed by atoms with Crippen LogP contribution in [-0.2, 0) is 18.9 Å². The van der Waals surface area contributed by atoms with Gasteiger partial charge in [-0.1, -0.05) is 0 Å². The highest BCUT2D eigenvalue weighted by Crippen LogP contribution is 1.90. The second kappa shape index (κ2) is 29.4. The molecule has 0 heterocycles. The van der Waals surface area contributed by atoms with Crippen LogP contribution in [-0.4, -0.2) is 122 Å². The Hall–Kier alpha value is -0.400. The monoisotopic (exact) mass is 390 g/mol. The van der Waals surface area contributed by atoms with Crippen LogP contribution in [0.4, 0.5) is 0 Å². The Morgan fingerprint density at radius 3 is 1.23 bits per heavy atom. The molecule has 6 N–H and O–H groups in total. The zero-order valence-electron chi connectivity index (χ0n) is 16.0. The third-order valence-corrected chi connectivity index (χ3v) is 2.19. The first-order valence-corrected chi connectivity index (χ1v) is 8.57. The largest absolute Gasteiger partial charge is 0.394 e. The van der Waals surface area contributed by atoms with Crippen LogP contribution in [0, 0.1) is 0 Å². The first kappa shape index (κ1) is 30.3. The number of aliphatic hydroxyl groups is 6. The predicted octanol–water partition coefficient (Wildman–Crippen LogP) is -2.24. The first-order valence-electron chi connectivity index (χ1n) is 8.57. The van der Waals surface area contributed by atoms with Crippen molar-refractivity contribution in [2.24, 2.45) is 0 Å². The summed E-state index contributed by atoms with van der Waals surface area (Å²) in [6.07, 6.45) is -0.612. The van der Waals surface area contributed by atoms with E-state index in [9.17, 15) is 0 Å². The average Bonchev–Trinajstić information content (AvgIpc) is 2.64. The number of hydrogen-bond acceptors (Lipinski definition) is 10. The third kappa shape index (κ3) is 38.9. The Morgan fingerprint density at radius 2 is 0.962 bits per heavy atom. The first-order chi connectivity index (χ1) is 12.5. The van der Waals surface area contributed by atoms with Crippen LogP contribution in [0.5, 0.6) is 0 Å². The normalized spacial score (nSPS) is 12.5. The average molecular weight is 390 g/mol. The molecule has 2 atom stereocenters. The summed E-state index contributed by atoms with van der Waals surface area (Å²) in [5, 5.41) is 49.8. The topological polar surface area (TPSA) is 158 Å². The summed E-state index contributed by atoms with van der Waals surface area (Å²) < 4.78 is 19.3. The standard InChI is InChI=1S/C6H14O4.C6H14O3.C4H10O3/c7-1-3-9-5-6-10-4-2-8;1-5(8)4-9-6(2)3-7;5-1-3-7-4-2-6/h7-8H,1-6H2;5-8H,3-4H2,1-2H3;5-6H,1-4H2. The molecule has 0 saturated heterocycles. The van der Waals surface area contributed by atoms with E-state index in [4.69, 9.17) is 44.8 Å². The molecule has 0 aliphatic carbocycles. The molecule has 0 aromatic rings. The summed E-state index contributed by atoms with van der Waals surface area (Å²) in [7, 11) is 0. The molecule has 2 unspecified atom stereocenters. The molecule has 0 aromatic heterocycles. The molecule has 0 rings (SSSR count). The fourth-order valence-corrected chi connectivity index (χ4v) is 1.04. The van der Waals surface area contributed by atoms with E-state index in [0.29, 0.717) is 46.2 Å². The molecule has 162 valence electrons. The molecule has 0 bridgehead atoms. The zero-order chi connectivity index (χ0) is 20.5. The van der Waals surface area contributed by atoms with Crippen LogP contribution in [0.2, 0.25) is 0 Å². The minimum Gasteiger partial charge on any atom is -0.394 e. The molecule has 0 aromatic carbocycles. The SMILES string of the molecule is CC(O)COC(C)CO.OCCOCCO.OCCOCCOCCO. The van der Waals surface area contributed by atoms with Gasteiger partial charge in [-0.2, -0.15) is 0 Å². The van der Waals surface area contributed by atoms with Crippen molar-refractivity contribution < 1.29 is 49.6 Å². The van der Waals surface area contributed by atoms with Gasteiger partial charge in [0.2, 0.25) is 0 Å². The molecule has 0 amide bonds. The second-order valence-electron chi connectivity index (χ2n) is 4.91. The van der Waals surface area contributed by atoms with Gasteiger partial charge in [-0.05, 0) is 13.8 Å². The van der Waals surface area contributed by atoms with Crippen LogP contribution in [0.3, 0.4) is 0 Å². The summed E-state index contributed by atoms with van der Waals surface area (Å²) in [6.45, 7) is 6.12. The van der Waals surface area contributed by atoms with Crippen LogP contribution in [0.1, 0.15) is 13.8 Å². The lowest BCUT2D eigenvalue weighted by Crippen LogP contribution is -2.19. The van der Waals surface area contributed by atoms with Crippen LogP contribution in [0.25, 0.3) is 0 Å². The van der Waals surface area contributed by atoms with Crippen molar-refractivity contribution >= 4 is 0 Å². The van der Waals surface area contributed by atoms with E-state index in [1.54, 1.807) is 13.8 Å². The van der Waals surface area contributed by atoms with Gasteiger partial charge < -0.3 is 49.6 Å². The third-order valence-electron chi connectivity index (χ3n) is 2.19. The molecule has 10 heteroatoms. The minimum atomic E-state index is -0.445. The van der Waals surface area contributed by atoms with Crippen molar-refractivity contribution in [1.82, 2.24) is 0 Å². The van der Waals surface area contributed by atoms with Crippen molar-refractivity contribution in [2.45, 2.75) is 26.1 Å². The number of aliphatic hydroxyl groups excluding tert-OH is 6. The molecule has 0 aliphatic rings. The maximum Gasteiger partial charge on any atom is 0.0779 e. The van der Waals surface area contributed by atoms with Gasteiger partial charge in [0.25, 0.3) is 0 Å². The van der Waals surface area contributed by atoms with Crippen molar-refractivity contribution in [3.8, 4) is 0 Å². The molecule has 0 spiro atoms. The van der Waals surface area contributed by atoms with Gasteiger partial charge in [0, 0.05) is 0 Å². The lowest BCUT2D eigenvalue weighted by Gasteiger charge is -2.10. The fourth-order valence-electron chi connectivity index (χ4n) is 1.04. The zero-order valence-corrected chi connectivity index (χ0v) is 16.0. The molecular weight excluding hydrogens is 352 g/mol. The smallest absolute Gasteiger partial charge is 0.0779 e. The van der Waals surface area contributed by atoms with Crippen molar-refractivity contribution in [3.63, 3.8) is 0 Å². The molecule has 0 fully saturated rings.